The van der Waals surface area contributed by atoms with Gasteiger partial charge >= 0.3 is 12.6 Å². The number of nitrogens with zero attached hydrogens (tertiary/aromatic N) is 6. The third-order valence-corrected chi connectivity index (χ3v) is 7.00. The first-order valence-corrected chi connectivity index (χ1v) is 13.3. The summed E-state index contributed by atoms with van der Waals surface area (Å²) in [6, 6.07) is 5.34. The lowest BCUT2D eigenvalue weighted by atomic mass is 10.0. The highest BCUT2D eigenvalue weighted by atomic mass is 19.3. The Labute approximate surface area is 230 Å². The third-order valence-electron chi connectivity index (χ3n) is 7.00. The predicted octanol–water partition coefficient (Wildman–Crippen LogP) is 3.85. The molecule has 1 unspecified atom stereocenters. The summed E-state index contributed by atoms with van der Waals surface area (Å²) in [4.78, 5) is 41.2. The maximum atomic E-state index is 13.7. The van der Waals surface area contributed by atoms with Gasteiger partial charge < -0.3 is 24.6 Å². The molecule has 2 aliphatic rings. The Morgan fingerprint density at radius 3 is 2.50 bits per heavy atom. The van der Waals surface area contributed by atoms with E-state index in [-0.39, 0.29) is 29.3 Å². The van der Waals surface area contributed by atoms with E-state index in [1.165, 1.54) is 0 Å². The zero-order valence-electron chi connectivity index (χ0n) is 22.9. The number of piperazine rings is 1. The molecule has 2 amide bonds. The van der Waals surface area contributed by atoms with Gasteiger partial charge in [0.2, 0.25) is 11.8 Å². The van der Waals surface area contributed by atoms with Crippen LogP contribution in [0.25, 0.3) is 22.3 Å². The van der Waals surface area contributed by atoms with Crippen LogP contribution in [0.15, 0.2) is 30.7 Å². The molecule has 3 aromatic rings. The highest BCUT2D eigenvalue weighted by molar-refractivity contribution is 5.85. The Bertz CT molecular complexity index is 1380. The molecule has 2 saturated heterocycles. The van der Waals surface area contributed by atoms with Crippen molar-refractivity contribution >= 4 is 28.9 Å². The van der Waals surface area contributed by atoms with Crippen molar-refractivity contribution in [2.45, 2.75) is 52.4 Å². The van der Waals surface area contributed by atoms with E-state index in [9.17, 15) is 18.4 Å². The highest BCUT2D eigenvalue weighted by Gasteiger charge is 2.30. The number of imidazole rings is 1. The molecule has 0 aromatic carbocycles. The van der Waals surface area contributed by atoms with E-state index in [0.29, 0.717) is 55.9 Å². The summed E-state index contributed by atoms with van der Waals surface area (Å²) in [6.45, 7) is 7.21. The van der Waals surface area contributed by atoms with E-state index < -0.39 is 18.3 Å². The molecule has 5 rings (SSSR count). The first-order chi connectivity index (χ1) is 19.0. The van der Waals surface area contributed by atoms with Crippen molar-refractivity contribution in [1.29, 1.82) is 0 Å². The second-order valence-electron chi connectivity index (χ2n) is 11.1. The summed E-state index contributed by atoms with van der Waals surface area (Å²) in [5.74, 6) is 0.605. The van der Waals surface area contributed by atoms with Crippen LogP contribution < -0.4 is 15.0 Å². The van der Waals surface area contributed by atoms with E-state index in [1.807, 2.05) is 32.9 Å². The summed E-state index contributed by atoms with van der Waals surface area (Å²) >= 11 is 0. The molecule has 0 aliphatic carbocycles. The second-order valence-corrected chi connectivity index (χ2v) is 11.1. The van der Waals surface area contributed by atoms with E-state index in [2.05, 4.69) is 25.2 Å². The molecular weight excluding hydrogens is 524 g/mol. The van der Waals surface area contributed by atoms with Crippen LogP contribution in [0, 0.1) is 5.92 Å². The SMILES string of the molecule is C[C@@H](Oc1nc(-c2ccc(N3CCN(C(=O)OC(C)(C)C)CC3)nc2)cc2ncn(C(F)F)c12)C1CNC(=O)C1. The number of aromatic nitrogens is 4. The quantitative estimate of drug-likeness (QED) is 0.486. The number of amides is 2. The minimum absolute atomic E-state index is 0.0273. The zero-order chi connectivity index (χ0) is 28.6. The van der Waals surface area contributed by atoms with E-state index >= 15 is 0 Å². The molecular formula is C27H33F2N7O4. The number of anilines is 1. The number of hydrogen-bond donors (Lipinski definition) is 1. The number of carbonyl (C=O) groups excluding carboxylic acids is 2. The molecule has 11 nitrogen and oxygen atoms in total. The zero-order valence-corrected chi connectivity index (χ0v) is 22.9. The molecule has 2 atom stereocenters. The van der Waals surface area contributed by atoms with Crippen LogP contribution in [0.3, 0.4) is 0 Å². The molecule has 1 N–H and O–H groups in total. The van der Waals surface area contributed by atoms with Crippen molar-refractivity contribution in [3.05, 3.63) is 30.7 Å². The molecule has 2 aliphatic heterocycles. The third kappa shape index (κ3) is 5.92. The van der Waals surface area contributed by atoms with Gasteiger partial charge in [-0.05, 0) is 45.9 Å². The van der Waals surface area contributed by atoms with Crippen molar-refractivity contribution < 1.29 is 27.8 Å². The standard InChI is InChI=1S/C27H33F2N7O4/c1-16(18-11-22(37)31-14-18)39-24-23-20(32-15-36(23)25(28)29)12-19(33-24)17-5-6-21(30-13-17)34-7-9-35(10-8-34)26(38)40-27(2,3)4/h5-6,12-13,15-16,18,25H,7-11,14H2,1-4H3,(H,31,37)/t16-,18?/m1/s1. The lowest BCUT2D eigenvalue weighted by Gasteiger charge is -2.36. The number of carbonyl (C=O) groups is 2. The van der Waals surface area contributed by atoms with E-state index in [4.69, 9.17) is 9.47 Å². The fourth-order valence-corrected chi connectivity index (χ4v) is 4.80. The Kier molecular flexibility index (Phi) is 7.47. The number of halogens is 2. The minimum Gasteiger partial charge on any atom is -0.473 e. The summed E-state index contributed by atoms with van der Waals surface area (Å²) in [7, 11) is 0. The second kappa shape index (κ2) is 10.9. The first kappa shape index (κ1) is 27.5. The summed E-state index contributed by atoms with van der Waals surface area (Å²) < 4.78 is 39.7. The fraction of sp³-hybridized carbons (Fsp3) is 0.519. The number of alkyl halides is 2. The maximum absolute atomic E-state index is 13.7. The summed E-state index contributed by atoms with van der Waals surface area (Å²) in [5.41, 5.74) is 1.00. The number of hydrogen-bond acceptors (Lipinski definition) is 8. The summed E-state index contributed by atoms with van der Waals surface area (Å²) in [5, 5.41) is 2.77. The molecule has 214 valence electrons. The molecule has 0 saturated carbocycles. The van der Waals surface area contributed by atoms with Crippen LogP contribution >= 0.6 is 0 Å². The van der Waals surface area contributed by atoms with Gasteiger partial charge in [0.25, 0.3) is 0 Å². The van der Waals surface area contributed by atoms with Crippen molar-refractivity contribution in [2.75, 3.05) is 37.6 Å². The number of nitrogens with one attached hydrogen (secondary N) is 1. The molecule has 3 aromatic heterocycles. The van der Waals surface area contributed by atoms with Crippen LogP contribution in [-0.4, -0.2) is 80.8 Å². The molecule has 0 spiro atoms. The minimum atomic E-state index is -2.82. The molecule has 0 bridgehead atoms. The van der Waals surface area contributed by atoms with Crippen LogP contribution in [0.2, 0.25) is 0 Å². The molecule has 2 fully saturated rings. The lowest BCUT2D eigenvalue weighted by molar-refractivity contribution is -0.119. The van der Waals surface area contributed by atoms with Crippen molar-refractivity contribution in [3.8, 4) is 17.1 Å². The van der Waals surface area contributed by atoms with Gasteiger partial charge in [-0.25, -0.2) is 19.7 Å². The van der Waals surface area contributed by atoms with Crippen LogP contribution in [0.1, 0.15) is 40.7 Å². The Balaban J connectivity index is 1.34. The van der Waals surface area contributed by atoms with Crippen molar-refractivity contribution in [2.24, 2.45) is 5.92 Å². The van der Waals surface area contributed by atoms with Crippen LogP contribution in [0.4, 0.5) is 19.4 Å². The van der Waals surface area contributed by atoms with E-state index in [0.717, 1.165) is 16.7 Å². The van der Waals surface area contributed by atoms with Gasteiger partial charge in [0.1, 0.15) is 29.4 Å². The van der Waals surface area contributed by atoms with Gasteiger partial charge in [0, 0.05) is 56.8 Å². The van der Waals surface area contributed by atoms with Gasteiger partial charge in [0.05, 0.1) is 11.2 Å². The van der Waals surface area contributed by atoms with Gasteiger partial charge in [-0.3, -0.25) is 9.36 Å². The largest absolute Gasteiger partial charge is 0.473 e. The van der Waals surface area contributed by atoms with Crippen LogP contribution in [-0.2, 0) is 9.53 Å². The van der Waals surface area contributed by atoms with Crippen molar-refractivity contribution in [3.63, 3.8) is 0 Å². The number of fused-ring (bicyclic) bond motifs is 1. The first-order valence-electron chi connectivity index (χ1n) is 13.3. The van der Waals surface area contributed by atoms with Crippen LogP contribution in [0.5, 0.6) is 5.88 Å². The predicted molar refractivity (Wildman–Crippen MR) is 143 cm³/mol. The number of pyridine rings is 2. The molecule has 5 heterocycles. The Morgan fingerprint density at radius 1 is 1.15 bits per heavy atom. The van der Waals surface area contributed by atoms with Gasteiger partial charge in [-0.1, -0.05) is 0 Å². The monoisotopic (exact) mass is 557 g/mol. The highest BCUT2D eigenvalue weighted by Crippen LogP contribution is 2.33. The lowest BCUT2D eigenvalue weighted by Crippen LogP contribution is -2.50. The molecule has 40 heavy (non-hydrogen) atoms. The summed E-state index contributed by atoms with van der Waals surface area (Å²) in [6.07, 6.45) is 2.27. The molecule has 13 heteroatoms. The maximum Gasteiger partial charge on any atom is 0.410 e. The fourth-order valence-electron chi connectivity index (χ4n) is 4.80. The van der Waals surface area contributed by atoms with Gasteiger partial charge in [0.15, 0.2) is 0 Å². The average Bonchev–Trinajstić information content (AvgIpc) is 3.54. The normalized spacial score (nSPS) is 18.8. The Morgan fingerprint density at radius 2 is 1.90 bits per heavy atom. The number of ether oxygens (including phenoxy) is 2. The van der Waals surface area contributed by atoms with Gasteiger partial charge in [-0.2, -0.15) is 8.78 Å². The van der Waals surface area contributed by atoms with E-state index in [1.54, 1.807) is 24.1 Å². The van der Waals surface area contributed by atoms with Gasteiger partial charge in [-0.15, -0.1) is 0 Å². The van der Waals surface area contributed by atoms with Crippen molar-refractivity contribution in [1.82, 2.24) is 29.7 Å². The number of rotatable bonds is 6. The smallest absolute Gasteiger partial charge is 0.410 e. The average molecular weight is 558 g/mol. The topological polar surface area (TPSA) is 115 Å². The Hall–Kier alpha value is -4.03. The molecule has 0 radical (unpaired) electrons.